The van der Waals surface area contributed by atoms with Crippen molar-refractivity contribution in [3.63, 3.8) is 0 Å². The molecular formula is C18H21N7OS. The number of nitrogens with two attached hydrogens (primary N) is 1. The number of carbonyl (C=O) groups excluding carboxylic acids is 1. The molecule has 2 aromatic heterocycles. The first kappa shape index (κ1) is 17.5. The highest BCUT2D eigenvalue weighted by Gasteiger charge is 2.29. The smallest absolute Gasteiger partial charge is 0.321 e. The molecule has 2 amide bonds. The number of nitrogen functional groups attached to an aromatic ring is 1. The fourth-order valence-corrected chi connectivity index (χ4v) is 3.92. The molecule has 1 aromatic carbocycles. The molecule has 4 rings (SSSR count). The van der Waals surface area contributed by atoms with E-state index in [1.165, 1.54) is 11.3 Å². The average molecular weight is 383 g/mol. The van der Waals surface area contributed by atoms with Crippen LogP contribution in [0.2, 0.25) is 0 Å². The third-order valence-corrected chi connectivity index (χ3v) is 5.41. The van der Waals surface area contributed by atoms with Crippen molar-refractivity contribution >= 4 is 45.2 Å². The van der Waals surface area contributed by atoms with Gasteiger partial charge in [0, 0.05) is 31.4 Å². The minimum absolute atomic E-state index is 0.0849. The van der Waals surface area contributed by atoms with Gasteiger partial charge in [0.05, 0.1) is 5.51 Å². The number of amides is 2. The maximum atomic E-state index is 12.6. The van der Waals surface area contributed by atoms with Crippen LogP contribution in [0.1, 0.15) is 12.5 Å². The summed E-state index contributed by atoms with van der Waals surface area (Å²) in [5, 5.41) is 2.96. The lowest BCUT2D eigenvalue weighted by Crippen LogP contribution is -2.55. The minimum atomic E-state index is -0.0913. The van der Waals surface area contributed by atoms with Crippen molar-refractivity contribution < 1.29 is 4.79 Å². The maximum Gasteiger partial charge on any atom is 0.321 e. The van der Waals surface area contributed by atoms with Crippen molar-refractivity contribution in [1.29, 1.82) is 0 Å². The summed E-state index contributed by atoms with van der Waals surface area (Å²) >= 11 is 1.45. The molecule has 3 N–H and O–H groups in total. The number of fused-ring (bicyclic) bond motifs is 1. The van der Waals surface area contributed by atoms with Crippen molar-refractivity contribution in [3.8, 4) is 0 Å². The van der Waals surface area contributed by atoms with E-state index in [0.29, 0.717) is 19.6 Å². The van der Waals surface area contributed by atoms with E-state index < -0.39 is 0 Å². The monoisotopic (exact) mass is 383 g/mol. The van der Waals surface area contributed by atoms with E-state index in [2.05, 4.69) is 32.1 Å². The highest BCUT2D eigenvalue weighted by atomic mass is 32.1. The molecule has 0 spiro atoms. The fourth-order valence-electron chi connectivity index (χ4n) is 3.26. The third kappa shape index (κ3) is 3.50. The first-order chi connectivity index (χ1) is 13.0. The molecule has 0 radical (unpaired) electrons. The zero-order valence-electron chi connectivity index (χ0n) is 15.2. The van der Waals surface area contributed by atoms with Crippen LogP contribution < -0.4 is 16.0 Å². The molecule has 1 aliphatic heterocycles. The first-order valence-corrected chi connectivity index (χ1v) is 9.65. The molecule has 3 heterocycles. The number of urea groups is 1. The van der Waals surface area contributed by atoms with Gasteiger partial charge in [0.2, 0.25) is 5.95 Å². The zero-order valence-corrected chi connectivity index (χ0v) is 16.0. The molecule has 140 valence electrons. The molecule has 8 nitrogen and oxygen atoms in total. The molecule has 1 fully saturated rings. The average Bonchev–Trinajstić information content (AvgIpc) is 3.11. The fraction of sp³-hybridized carbons (Fsp3) is 0.333. The Morgan fingerprint density at radius 3 is 2.78 bits per heavy atom. The molecule has 1 saturated heterocycles. The Kier molecular flexibility index (Phi) is 4.53. The lowest BCUT2D eigenvalue weighted by Gasteiger charge is -2.40. The molecule has 9 heteroatoms. The van der Waals surface area contributed by atoms with Gasteiger partial charge in [-0.15, -0.1) is 11.3 Å². The SMILES string of the molecule is Cc1ccc(NC(=O)N2CCN(c3nc(N)nc4scnc34)[C@@H](C)C2)cc1. The van der Waals surface area contributed by atoms with Gasteiger partial charge in [-0.25, -0.2) is 14.8 Å². The number of anilines is 3. The lowest BCUT2D eigenvalue weighted by molar-refractivity contribution is 0.200. The third-order valence-electron chi connectivity index (χ3n) is 4.69. The van der Waals surface area contributed by atoms with E-state index >= 15 is 0 Å². The number of carbonyl (C=O) groups is 1. The predicted octanol–water partition coefficient (Wildman–Crippen LogP) is 2.72. The predicted molar refractivity (Wildman–Crippen MR) is 108 cm³/mol. The van der Waals surface area contributed by atoms with Gasteiger partial charge in [-0.2, -0.15) is 4.98 Å². The summed E-state index contributed by atoms with van der Waals surface area (Å²) in [7, 11) is 0. The van der Waals surface area contributed by atoms with Gasteiger partial charge >= 0.3 is 6.03 Å². The largest absolute Gasteiger partial charge is 0.368 e. The van der Waals surface area contributed by atoms with Crippen LogP contribution in [0.25, 0.3) is 10.3 Å². The number of hydrogen-bond donors (Lipinski definition) is 2. The Balaban J connectivity index is 1.48. The maximum absolute atomic E-state index is 12.6. The van der Waals surface area contributed by atoms with E-state index in [1.807, 2.05) is 36.1 Å². The molecule has 0 saturated carbocycles. The second-order valence-corrected chi connectivity index (χ2v) is 7.53. The van der Waals surface area contributed by atoms with E-state index in [9.17, 15) is 4.79 Å². The van der Waals surface area contributed by atoms with Crippen LogP contribution in [-0.2, 0) is 0 Å². The summed E-state index contributed by atoms with van der Waals surface area (Å²) in [4.78, 5) is 30.4. The molecule has 0 aliphatic carbocycles. The number of aromatic nitrogens is 3. The van der Waals surface area contributed by atoms with Gasteiger partial charge in [-0.1, -0.05) is 17.7 Å². The molecule has 0 bridgehead atoms. The van der Waals surface area contributed by atoms with Crippen LogP contribution in [0.3, 0.4) is 0 Å². The molecule has 0 unspecified atom stereocenters. The quantitative estimate of drug-likeness (QED) is 0.706. The Morgan fingerprint density at radius 1 is 1.26 bits per heavy atom. The van der Waals surface area contributed by atoms with Crippen LogP contribution in [0.5, 0.6) is 0 Å². The summed E-state index contributed by atoms with van der Waals surface area (Å²) in [6, 6.07) is 7.78. The Morgan fingerprint density at radius 2 is 2.04 bits per heavy atom. The van der Waals surface area contributed by atoms with Crippen LogP contribution in [0.15, 0.2) is 29.8 Å². The van der Waals surface area contributed by atoms with Crippen molar-refractivity contribution in [1.82, 2.24) is 19.9 Å². The van der Waals surface area contributed by atoms with Gasteiger partial charge in [0.25, 0.3) is 0 Å². The van der Waals surface area contributed by atoms with Crippen molar-refractivity contribution in [2.24, 2.45) is 0 Å². The van der Waals surface area contributed by atoms with Gasteiger partial charge in [-0.3, -0.25) is 0 Å². The second-order valence-electron chi connectivity index (χ2n) is 6.70. The van der Waals surface area contributed by atoms with Crippen LogP contribution >= 0.6 is 11.3 Å². The molecule has 1 atom stereocenters. The summed E-state index contributed by atoms with van der Waals surface area (Å²) < 4.78 is 0. The number of benzene rings is 1. The van der Waals surface area contributed by atoms with Crippen molar-refractivity contribution in [2.75, 3.05) is 35.6 Å². The summed E-state index contributed by atoms with van der Waals surface area (Å²) in [6.07, 6.45) is 0. The van der Waals surface area contributed by atoms with E-state index in [-0.39, 0.29) is 18.0 Å². The highest BCUT2D eigenvalue weighted by molar-refractivity contribution is 7.16. The second kappa shape index (κ2) is 6.99. The standard InChI is InChI=1S/C18H21N7OS/c1-11-3-5-13(6-4-11)21-18(26)24-7-8-25(12(2)9-24)15-14-16(27-10-20-14)23-17(19)22-15/h3-6,10,12H,7-9H2,1-2H3,(H,21,26)(H2,19,22,23)/t12-/m0/s1. The number of nitrogens with zero attached hydrogens (tertiary/aromatic N) is 5. The van der Waals surface area contributed by atoms with Gasteiger partial charge in [-0.05, 0) is 26.0 Å². The number of nitrogens with one attached hydrogen (secondary N) is 1. The molecule has 1 aliphatic rings. The minimum Gasteiger partial charge on any atom is -0.368 e. The van der Waals surface area contributed by atoms with Gasteiger partial charge < -0.3 is 20.9 Å². The van der Waals surface area contributed by atoms with Crippen LogP contribution in [-0.4, -0.2) is 51.6 Å². The van der Waals surface area contributed by atoms with Gasteiger partial charge in [0.15, 0.2) is 10.6 Å². The highest BCUT2D eigenvalue weighted by Crippen LogP contribution is 2.28. The van der Waals surface area contributed by atoms with E-state index in [1.54, 1.807) is 5.51 Å². The topological polar surface area (TPSA) is 100 Å². The summed E-state index contributed by atoms with van der Waals surface area (Å²) in [5.74, 6) is 0.985. The molecule has 3 aromatic rings. The van der Waals surface area contributed by atoms with Gasteiger partial charge in [0.1, 0.15) is 5.52 Å². The van der Waals surface area contributed by atoms with E-state index in [0.717, 1.165) is 27.4 Å². The van der Waals surface area contributed by atoms with E-state index in [4.69, 9.17) is 5.73 Å². The van der Waals surface area contributed by atoms with Crippen LogP contribution in [0.4, 0.5) is 22.2 Å². The Bertz CT molecular complexity index is 972. The first-order valence-electron chi connectivity index (χ1n) is 8.77. The summed E-state index contributed by atoms with van der Waals surface area (Å²) in [6.45, 7) is 5.93. The van der Waals surface area contributed by atoms with Crippen LogP contribution in [0, 0.1) is 6.92 Å². The number of rotatable bonds is 2. The number of piperazine rings is 1. The number of aryl methyl sites for hydroxylation is 1. The molecular weight excluding hydrogens is 362 g/mol. The normalized spacial score (nSPS) is 17.3. The lowest BCUT2D eigenvalue weighted by atomic mass is 10.2. The zero-order chi connectivity index (χ0) is 19.0. The number of hydrogen-bond acceptors (Lipinski definition) is 7. The Labute approximate surface area is 161 Å². The molecule has 27 heavy (non-hydrogen) atoms. The van der Waals surface area contributed by atoms with Crippen molar-refractivity contribution in [3.05, 3.63) is 35.3 Å². The number of thiazole rings is 1. The Hall–Kier alpha value is -2.94. The summed E-state index contributed by atoms with van der Waals surface area (Å²) in [5.41, 5.74) is 10.3. The van der Waals surface area contributed by atoms with Crippen molar-refractivity contribution in [2.45, 2.75) is 19.9 Å².